The molecule has 1 aromatic rings. The normalized spacial score (nSPS) is 21.6. The molecule has 0 saturated heterocycles. The maximum absolute atomic E-state index is 10.8. The van der Waals surface area contributed by atoms with Crippen LogP contribution in [0.3, 0.4) is 0 Å². The quantitative estimate of drug-likeness (QED) is 0.844. The molecule has 1 heterocycles. The SMILES string of the molecule is CCN(CC(=O)O)C1CC(Nc2nccc(C)c2Cl)C1. The fourth-order valence-corrected chi connectivity index (χ4v) is 2.68. The van der Waals surface area contributed by atoms with Crippen LogP contribution in [0.25, 0.3) is 0 Å². The molecule has 20 heavy (non-hydrogen) atoms. The van der Waals surface area contributed by atoms with E-state index in [9.17, 15) is 4.79 Å². The van der Waals surface area contributed by atoms with E-state index in [1.807, 2.05) is 24.8 Å². The van der Waals surface area contributed by atoms with Crippen LogP contribution in [-0.2, 0) is 4.79 Å². The van der Waals surface area contributed by atoms with E-state index in [2.05, 4.69) is 10.3 Å². The number of likely N-dealkylation sites (N-methyl/N-ethyl adjacent to an activating group) is 1. The number of nitrogens with zero attached hydrogens (tertiary/aromatic N) is 2. The molecule has 110 valence electrons. The van der Waals surface area contributed by atoms with Crippen molar-refractivity contribution >= 4 is 23.4 Å². The number of hydrogen-bond acceptors (Lipinski definition) is 4. The molecule has 0 aromatic carbocycles. The summed E-state index contributed by atoms with van der Waals surface area (Å²) in [6.45, 7) is 4.80. The maximum Gasteiger partial charge on any atom is 0.317 e. The number of halogens is 1. The first-order valence-electron chi connectivity index (χ1n) is 6.84. The summed E-state index contributed by atoms with van der Waals surface area (Å²) in [6.07, 6.45) is 3.59. The summed E-state index contributed by atoms with van der Waals surface area (Å²) in [4.78, 5) is 17.0. The summed E-state index contributed by atoms with van der Waals surface area (Å²) in [7, 11) is 0. The molecule has 0 bridgehead atoms. The molecule has 6 heteroatoms. The zero-order valence-corrected chi connectivity index (χ0v) is 12.5. The largest absolute Gasteiger partial charge is 0.480 e. The van der Waals surface area contributed by atoms with E-state index in [-0.39, 0.29) is 6.54 Å². The predicted molar refractivity (Wildman–Crippen MR) is 79.3 cm³/mol. The molecule has 0 unspecified atom stereocenters. The van der Waals surface area contributed by atoms with Crippen LogP contribution >= 0.6 is 11.6 Å². The van der Waals surface area contributed by atoms with Gasteiger partial charge in [0.05, 0.1) is 11.6 Å². The summed E-state index contributed by atoms with van der Waals surface area (Å²) in [5.41, 5.74) is 1.00. The van der Waals surface area contributed by atoms with Crippen LogP contribution in [0.15, 0.2) is 12.3 Å². The van der Waals surface area contributed by atoms with Crippen molar-refractivity contribution < 1.29 is 9.90 Å². The van der Waals surface area contributed by atoms with Gasteiger partial charge in [0.25, 0.3) is 0 Å². The van der Waals surface area contributed by atoms with Gasteiger partial charge in [0.2, 0.25) is 0 Å². The third-order valence-electron chi connectivity index (χ3n) is 3.80. The predicted octanol–water partition coefficient (Wildman–Crippen LogP) is 2.39. The van der Waals surface area contributed by atoms with Gasteiger partial charge in [-0.15, -0.1) is 0 Å². The van der Waals surface area contributed by atoms with Crippen LogP contribution in [0, 0.1) is 6.92 Å². The molecule has 1 fully saturated rings. The Bertz CT molecular complexity index is 489. The second kappa shape index (κ2) is 6.41. The molecule has 1 aromatic heterocycles. The number of carbonyl (C=O) groups is 1. The smallest absolute Gasteiger partial charge is 0.317 e. The number of rotatable bonds is 6. The molecule has 1 aliphatic carbocycles. The second-order valence-electron chi connectivity index (χ2n) is 5.21. The molecule has 2 rings (SSSR count). The Morgan fingerprint density at radius 2 is 2.30 bits per heavy atom. The molecule has 0 spiro atoms. The minimum absolute atomic E-state index is 0.108. The van der Waals surface area contributed by atoms with Crippen molar-refractivity contribution in [2.75, 3.05) is 18.4 Å². The van der Waals surface area contributed by atoms with E-state index in [0.717, 1.165) is 30.8 Å². The number of carboxylic acids is 1. The summed E-state index contributed by atoms with van der Waals surface area (Å²) < 4.78 is 0. The second-order valence-corrected chi connectivity index (χ2v) is 5.59. The average molecular weight is 298 g/mol. The lowest BCUT2D eigenvalue weighted by atomic mass is 9.85. The molecular formula is C14H20ClN3O2. The number of pyridine rings is 1. The summed E-state index contributed by atoms with van der Waals surface area (Å²) in [5, 5.41) is 12.9. The average Bonchev–Trinajstić information content (AvgIpc) is 2.35. The zero-order valence-electron chi connectivity index (χ0n) is 11.8. The van der Waals surface area contributed by atoms with E-state index >= 15 is 0 Å². The number of aromatic nitrogens is 1. The summed E-state index contributed by atoms with van der Waals surface area (Å²) in [5.74, 6) is -0.0527. The minimum Gasteiger partial charge on any atom is -0.480 e. The third-order valence-corrected chi connectivity index (χ3v) is 4.27. The van der Waals surface area contributed by atoms with Crippen LogP contribution in [0.5, 0.6) is 0 Å². The van der Waals surface area contributed by atoms with Crippen molar-refractivity contribution in [3.8, 4) is 0 Å². The van der Waals surface area contributed by atoms with Gasteiger partial charge in [0, 0.05) is 18.3 Å². The van der Waals surface area contributed by atoms with Gasteiger partial charge in [-0.2, -0.15) is 0 Å². The van der Waals surface area contributed by atoms with Crippen molar-refractivity contribution in [3.05, 3.63) is 22.8 Å². The van der Waals surface area contributed by atoms with Gasteiger partial charge in [0.15, 0.2) is 0 Å². The van der Waals surface area contributed by atoms with Gasteiger partial charge in [-0.3, -0.25) is 9.69 Å². The lowest BCUT2D eigenvalue weighted by molar-refractivity contribution is -0.139. The lowest BCUT2D eigenvalue weighted by Crippen LogP contribution is -2.51. The van der Waals surface area contributed by atoms with Gasteiger partial charge in [0.1, 0.15) is 5.82 Å². The molecule has 1 saturated carbocycles. The fraction of sp³-hybridized carbons (Fsp3) is 0.571. The maximum atomic E-state index is 10.8. The topological polar surface area (TPSA) is 65.5 Å². The van der Waals surface area contributed by atoms with Crippen molar-refractivity contribution in [1.29, 1.82) is 0 Å². The number of hydrogen-bond donors (Lipinski definition) is 2. The highest BCUT2D eigenvalue weighted by Crippen LogP contribution is 2.31. The molecular weight excluding hydrogens is 278 g/mol. The third kappa shape index (κ3) is 3.41. The Balaban J connectivity index is 1.87. The fourth-order valence-electron chi connectivity index (χ4n) is 2.51. The highest BCUT2D eigenvalue weighted by molar-refractivity contribution is 6.33. The Kier molecular flexibility index (Phi) is 4.83. The Labute approximate surface area is 123 Å². The van der Waals surface area contributed by atoms with Crippen molar-refractivity contribution in [3.63, 3.8) is 0 Å². The van der Waals surface area contributed by atoms with Gasteiger partial charge >= 0.3 is 5.97 Å². The van der Waals surface area contributed by atoms with Crippen molar-refractivity contribution in [1.82, 2.24) is 9.88 Å². The number of aryl methyl sites for hydroxylation is 1. The van der Waals surface area contributed by atoms with E-state index in [1.54, 1.807) is 6.20 Å². The number of nitrogens with one attached hydrogen (secondary N) is 1. The molecule has 5 nitrogen and oxygen atoms in total. The lowest BCUT2D eigenvalue weighted by Gasteiger charge is -2.42. The van der Waals surface area contributed by atoms with Crippen LogP contribution < -0.4 is 5.32 Å². The van der Waals surface area contributed by atoms with E-state index < -0.39 is 5.97 Å². The molecule has 0 amide bonds. The number of anilines is 1. The van der Waals surface area contributed by atoms with Crippen molar-refractivity contribution in [2.45, 2.75) is 38.8 Å². The Morgan fingerprint density at radius 1 is 1.60 bits per heavy atom. The first-order chi connectivity index (χ1) is 9.51. The molecule has 0 atom stereocenters. The number of aliphatic carboxylic acids is 1. The van der Waals surface area contributed by atoms with Crippen LogP contribution in [-0.4, -0.2) is 46.1 Å². The first kappa shape index (κ1) is 15.1. The van der Waals surface area contributed by atoms with Gasteiger partial charge < -0.3 is 10.4 Å². The molecule has 1 aliphatic rings. The molecule has 0 aliphatic heterocycles. The minimum atomic E-state index is -0.772. The standard InChI is InChI=1S/C14H20ClN3O2/c1-3-18(8-12(19)20)11-6-10(7-11)17-14-13(15)9(2)4-5-16-14/h4-5,10-11H,3,6-8H2,1-2H3,(H,16,17)(H,19,20). The van der Waals surface area contributed by atoms with E-state index in [4.69, 9.17) is 16.7 Å². The highest BCUT2D eigenvalue weighted by atomic mass is 35.5. The van der Waals surface area contributed by atoms with E-state index in [0.29, 0.717) is 17.1 Å². The van der Waals surface area contributed by atoms with E-state index in [1.165, 1.54) is 0 Å². The highest BCUT2D eigenvalue weighted by Gasteiger charge is 2.34. The van der Waals surface area contributed by atoms with Gasteiger partial charge in [-0.1, -0.05) is 18.5 Å². The number of carboxylic acid groups (broad SMARTS) is 1. The molecule has 2 N–H and O–H groups in total. The van der Waals surface area contributed by atoms with Crippen LogP contribution in [0.1, 0.15) is 25.3 Å². The summed E-state index contributed by atoms with van der Waals surface area (Å²) in [6, 6.07) is 2.52. The first-order valence-corrected chi connectivity index (χ1v) is 7.22. The Morgan fingerprint density at radius 3 is 2.90 bits per heavy atom. The van der Waals surface area contributed by atoms with Gasteiger partial charge in [-0.05, 0) is 37.9 Å². The van der Waals surface area contributed by atoms with Crippen LogP contribution in [0.2, 0.25) is 5.02 Å². The summed E-state index contributed by atoms with van der Waals surface area (Å²) >= 11 is 6.20. The van der Waals surface area contributed by atoms with Crippen molar-refractivity contribution in [2.24, 2.45) is 0 Å². The zero-order chi connectivity index (χ0) is 14.7. The monoisotopic (exact) mass is 297 g/mol. The molecule has 0 radical (unpaired) electrons. The Hall–Kier alpha value is -1.33. The van der Waals surface area contributed by atoms with Crippen LogP contribution in [0.4, 0.5) is 5.82 Å². The van der Waals surface area contributed by atoms with Gasteiger partial charge in [-0.25, -0.2) is 4.98 Å².